The number of carbonyl (C=O) groups is 4. The van der Waals surface area contributed by atoms with Crippen LogP contribution in [0.2, 0.25) is 0 Å². The highest BCUT2D eigenvalue weighted by atomic mass is 16.6. The van der Waals surface area contributed by atoms with Crippen molar-refractivity contribution < 1.29 is 23.9 Å². The fourth-order valence-electron chi connectivity index (χ4n) is 5.15. The van der Waals surface area contributed by atoms with Crippen molar-refractivity contribution in [3.8, 4) is 0 Å². The van der Waals surface area contributed by atoms with E-state index in [4.69, 9.17) is 10.6 Å². The minimum atomic E-state index is -0.880. The molecule has 2 atom stereocenters. The molecule has 1 saturated carbocycles. The molecule has 0 spiro atoms. The van der Waals surface area contributed by atoms with Crippen molar-refractivity contribution >= 4 is 29.4 Å². The largest absolute Gasteiger partial charge is 0.440 e. The molecule has 1 saturated heterocycles. The number of benzene rings is 1. The summed E-state index contributed by atoms with van der Waals surface area (Å²) in [7, 11) is 0. The van der Waals surface area contributed by atoms with Gasteiger partial charge in [-0.25, -0.2) is 15.6 Å². The van der Waals surface area contributed by atoms with Gasteiger partial charge in [0.15, 0.2) is 6.23 Å². The number of ether oxygens (including phenoxy) is 1. The maximum atomic E-state index is 13.5. The molecule has 2 fully saturated rings. The van der Waals surface area contributed by atoms with Gasteiger partial charge in [-0.2, -0.15) is 0 Å². The third-order valence-corrected chi connectivity index (χ3v) is 6.72. The highest BCUT2D eigenvalue weighted by Crippen LogP contribution is 2.30. The Labute approximate surface area is 187 Å². The Balaban J connectivity index is 1.78. The summed E-state index contributed by atoms with van der Waals surface area (Å²) in [6.45, 7) is 1.78. The molecule has 1 aliphatic carbocycles. The molecule has 0 aromatic heterocycles. The van der Waals surface area contributed by atoms with Gasteiger partial charge in [0.1, 0.15) is 6.04 Å². The van der Waals surface area contributed by atoms with Gasteiger partial charge in [-0.15, -0.1) is 0 Å². The van der Waals surface area contributed by atoms with Crippen LogP contribution in [0.15, 0.2) is 24.3 Å². The van der Waals surface area contributed by atoms with Gasteiger partial charge in [-0.1, -0.05) is 37.5 Å². The van der Waals surface area contributed by atoms with Crippen molar-refractivity contribution in [1.82, 2.24) is 9.80 Å². The molecule has 32 heavy (non-hydrogen) atoms. The van der Waals surface area contributed by atoms with Crippen LogP contribution >= 0.6 is 0 Å². The Bertz CT molecular complexity index is 913. The van der Waals surface area contributed by atoms with Gasteiger partial charge in [0.25, 0.3) is 0 Å². The average molecular weight is 443 g/mol. The molecular formula is C23H30N4O5. The summed E-state index contributed by atoms with van der Waals surface area (Å²) in [6.07, 6.45) is 5.15. The van der Waals surface area contributed by atoms with Gasteiger partial charge in [-0.05, 0) is 30.9 Å². The highest BCUT2D eigenvalue weighted by molar-refractivity contribution is 6.40. The van der Waals surface area contributed by atoms with E-state index >= 15 is 0 Å². The van der Waals surface area contributed by atoms with E-state index in [1.165, 1.54) is 11.8 Å². The van der Waals surface area contributed by atoms with Crippen molar-refractivity contribution in [3.63, 3.8) is 0 Å². The molecule has 1 aromatic carbocycles. The first-order valence-electron chi connectivity index (χ1n) is 11.4. The molecular weight excluding hydrogens is 412 g/mol. The average Bonchev–Trinajstić information content (AvgIpc) is 3.25. The van der Waals surface area contributed by atoms with Gasteiger partial charge in [0.2, 0.25) is 5.91 Å². The molecule has 3 amide bonds. The van der Waals surface area contributed by atoms with Gasteiger partial charge in [0, 0.05) is 32.4 Å². The van der Waals surface area contributed by atoms with E-state index in [1.807, 2.05) is 0 Å². The number of amides is 3. The highest BCUT2D eigenvalue weighted by Gasteiger charge is 2.42. The zero-order valence-corrected chi connectivity index (χ0v) is 18.4. The van der Waals surface area contributed by atoms with Crippen LogP contribution in [0.4, 0.5) is 5.69 Å². The van der Waals surface area contributed by atoms with Crippen LogP contribution in [-0.4, -0.2) is 58.3 Å². The lowest BCUT2D eigenvalue weighted by Crippen LogP contribution is -2.53. The van der Waals surface area contributed by atoms with Gasteiger partial charge < -0.3 is 9.64 Å². The first-order valence-corrected chi connectivity index (χ1v) is 11.4. The van der Waals surface area contributed by atoms with Crippen molar-refractivity contribution in [1.29, 1.82) is 0 Å². The molecule has 2 unspecified atom stereocenters. The molecule has 1 aromatic rings. The number of fused-ring (bicyclic) bond motifs is 2. The summed E-state index contributed by atoms with van der Waals surface area (Å²) in [5.41, 5.74) is 0.940. The predicted octanol–water partition coefficient (Wildman–Crippen LogP) is 1.49. The molecule has 0 radical (unpaired) electrons. The molecule has 2 heterocycles. The number of rotatable bonds is 2. The summed E-state index contributed by atoms with van der Waals surface area (Å²) < 4.78 is 5.77. The van der Waals surface area contributed by atoms with E-state index in [1.54, 1.807) is 29.2 Å². The zero-order chi connectivity index (χ0) is 22.8. The van der Waals surface area contributed by atoms with Crippen LogP contribution in [0.5, 0.6) is 0 Å². The molecule has 172 valence electrons. The van der Waals surface area contributed by atoms with E-state index in [0.29, 0.717) is 30.6 Å². The zero-order valence-electron chi connectivity index (χ0n) is 18.4. The van der Waals surface area contributed by atoms with Crippen LogP contribution in [0, 0.1) is 0 Å². The van der Waals surface area contributed by atoms with Crippen LogP contribution in [0.25, 0.3) is 0 Å². The molecule has 9 nitrogen and oxygen atoms in total. The number of esters is 1. The number of hydrogen-bond acceptors (Lipinski definition) is 6. The number of carbonyl (C=O) groups excluding carboxylic acids is 4. The van der Waals surface area contributed by atoms with Crippen LogP contribution in [0.3, 0.4) is 0 Å². The number of nitrogens with two attached hydrogens (primary N) is 1. The molecule has 2 aliphatic heterocycles. The summed E-state index contributed by atoms with van der Waals surface area (Å²) in [5, 5.41) is 0.846. The number of hydrogen-bond donors (Lipinski definition) is 1. The first-order chi connectivity index (χ1) is 15.4. The third-order valence-electron chi connectivity index (χ3n) is 6.72. The fourth-order valence-corrected chi connectivity index (χ4v) is 5.15. The minimum absolute atomic E-state index is 0.0481. The van der Waals surface area contributed by atoms with Crippen LogP contribution in [0.1, 0.15) is 57.4 Å². The van der Waals surface area contributed by atoms with Gasteiger partial charge >= 0.3 is 17.8 Å². The number of hydrazine groups is 1. The Kier molecular flexibility index (Phi) is 6.45. The Morgan fingerprint density at radius 3 is 2.47 bits per heavy atom. The van der Waals surface area contributed by atoms with E-state index < -0.39 is 30.1 Å². The summed E-state index contributed by atoms with van der Waals surface area (Å²) in [5.74, 6) is 3.67. The quantitative estimate of drug-likeness (QED) is 0.321. The number of para-hydroxylation sites is 1. The Hall–Kier alpha value is -2.94. The smallest absolute Gasteiger partial charge is 0.331 e. The maximum absolute atomic E-state index is 13.5. The van der Waals surface area contributed by atoms with Gasteiger partial charge in [0.05, 0.1) is 5.69 Å². The first kappa shape index (κ1) is 22.3. The lowest BCUT2D eigenvalue weighted by molar-refractivity contribution is -0.171. The second-order valence-corrected chi connectivity index (χ2v) is 8.77. The molecule has 3 aliphatic rings. The minimum Gasteiger partial charge on any atom is -0.440 e. The predicted molar refractivity (Wildman–Crippen MR) is 116 cm³/mol. The SMILES string of the molecule is CC(=O)N(C1CCCCC1)C1Cc2ccccc2N(N)C(=O)C(=O)N2CCCC2OC1=O. The lowest BCUT2D eigenvalue weighted by atomic mass is 9.91. The standard InChI is InChI=1S/C23H30N4O5/c1-15(28)26(17-9-3-2-4-10-17)19-14-16-8-5-6-11-18(16)27(24)22(30)21(29)25-13-7-12-20(25)32-23(19)31/h5-6,8,11,17,19-20H,2-4,7,9-10,12-14,24H2,1H3. The third kappa shape index (κ3) is 4.21. The second kappa shape index (κ2) is 9.28. The summed E-state index contributed by atoms with van der Waals surface area (Å²) >= 11 is 0. The molecule has 0 bridgehead atoms. The Morgan fingerprint density at radius 2 is 1.75 bits per heavy atom. The summed E-state index contributed by atoms with van der Waals surface area (Å²) in [4.78, 5) is 54.9. The Morgan fingerprint density at radius 1 is 1.03 bits per heavy atom. The van der Waals surface area contributed by atoms with E-state index in [9.17, 15) is 19.2 Å². The molecule has 9 heteroatoms. The fraction of sp³-hybridized carbons (Fsp3) is 0.565. The normalized spacial score (nSPS) is 25.0. The monoisotopic (exact) mass is 442 g/mol. The molecule has 4 rings (SSSR count). The van der Waals surface area contributed by atoms with Gasteiger partial charge in [-0.3, -0.25) is 19.3 Å². The van der Waals surface area contributed by atoms with E-state index in [0.717, 1.165) is 37.1 Å². The van der Waals surface area contributed by atoms with E-state index in [2.05, 4.69) is 0 Å². The van der Waals surface area contributed by atoms with Crippen molar-refractivity contribution in [2.75, 3.05) is 11.6 Å². The van der Waals surface area contributed by atoms with Crippen LogP contribution < -0.4 is 10.9 Å². The number of anilines is 1. The topological polar surface area (TPSA) is 113 Å². The second-order valence-electron chi connectivity index (χ2n) is 8.77. The maximum Gasteiger partial charge on any atom is 0.331 e. The lowest BCUT2D eigenvalue weighted by Gasteiger charge is -2.39. The van der Waals surface area contributed by atoms with Crippen LogP contribution in [-0.2, 0) is 30.3 Å². The van der Waals surface area contributed by atoms with E-state index in [-0.39, 0.29) is 18.4 Å². The molecule has 2 N–H and O–H groups in total. The number of nitrogens with zero attached hydrogens (tertiary/aromatic N) is 3. The van der Waals surface area contributed by atoms with Crippen molar-refractivity contribution in [2.45, 2.75) is 76.6 Å². The van der Waals surface area contributed by atoms with Crippen molar-refractivity contribution in [3.05, 3.63) is 29.8 Å². The summed E-state index contributed by atoms with van der Waals surface area (Å²) in [6, 6.07) is 5.97. The van der Waals surface area contributed by atoms with Crippen molar-refractivity contribution in [2.24, 2.45) is 5.84 Å².